The normalized spacial score (nSPS) is 38.1. The first-order chi connectivity index (χ1) is 9.69. The molecule has 4 nitrogen and oxygen atoms in total. The van der Waals surface area contributed by atoms with Crippen molar-refractivity contribution in [1.82, 2.24) is 9.97 Å². The molecule has 4 bridgehead atoms. The summed E-state index contributed by atoms with van der Waals surface area (Å²) in [6, 6.07) is 1.75. The van der Waals surface area contributed by atoms with Crippen LogP contribution >= 0.6 is 0 Å². The highest BCUT2D eigenvalue weighted by Crippen LogP contribution is 2.56. The minimum absolute atomic E-state index is 0.562. The predicted octanol–water partition coefficient (Wildman–Crippen LogP) is 2.57. The molecule has 0 aromatic carbocycles. The van der Waals surface area contributed by atoms with Crippen LogP contribution in [-0.2, 0) is 0 Å². The van der Waals surface area contributed by atoms with Gasteiger partial charge in [0.25, 0.3) is 0 Å². The Morgan fingerprint density at radius 2 is 1.80 bits per heavy atom. The first kappa shape index (κ1) is 12.4. The summed E-state index contributed by atoms with van der Waals surface area (Å²) in [5, 5.41) is 0. The van der Waals surface area contributed by atoms with E-state index in [1.165, 1.54) is 32.1 Å². The standard InChI is InChI=1S/C16H24N4/c1-20(16-18-3-2-15(17)19-16)9-14-12-5-10-4-11(7-12)8-13(14)6-10/h2-3,10-14H,4-9H2,1H3,(H2,17,18,19). The number of nitrogen functional groups attached to an aromatic ring is 1. The summed E-state index contributed by atoms with van der Waals surface area (Å²) in [4.78, 5) is 10.9. The predicted molar refractivity (Wildman–Crippen MR) is 80.2 cm³/mol. The Morgan fingerprint density at radius 1 is 1.15 bits per heavy atom. The van der Waals surface area contributed by atoms with Gasteiger partial charge in [-0.1, -0.05) is 0 Å². The van der Waals surface area contributed by atoms with Crippen molar-refractivity contribution in [3.63, 3.8) is 0 Å². The second-order valence-electron chi connectivity index (χ2n) is 7.26. The van der Waals surface area contributed by atoms with Gasteiger partial charge in [0.1, 0.15) is 5.82 Å². The van der Waals surface area contributed by atoms with Crippen molar-refractivity contribution in [2.45, 2.75) is 32.1 Å². The molecule has 4 heteroatoms. The molecule has 4 saturated carbocycles. The van der Waals surface area contributed by atoms with E-state index in [-0.39, 0.29) is 0 Å². The van der Waals surface area contributed by atoms with Crippen molar-refractivity contribution in [2.24, 2.45) is 29.6 Å². The van der Waals surface area contributed by atoms with Gasteiger partial charge < -0.3 is 10.6 Å². The van der Waals surface area contributed by atoms with Crippen LogP contribution < -0.4 is 10.6 Å². The molecule has 1 heterocycles. The molecule has 0 aliphatic heterocycles. The van der Waals surface area contributed by atoms with Gasteiger partial charge in [0.15, 0.2) is 0 Å². The fraction of sp³-hybridized carbons (Fsp3) is 0.750. The maximum Gasteiger partial charge on any atom is 0.226 e. The van der Waals surface area contributed by atoms with Gasteiger partial charge in [0, 0.05) is 19.8 Å². The van der Waals surface area contributed by atoms with E-state index in [4.69, 9.17) is 5.73 Å². The average molecular weight is 272 g/mol. The Morgan fingerprint density at radius 3 is 2.40 bits per heavy atom. The van der Waals surface area contributed by atoms with Crippen LogP contribution in [0.15, 0.2) is 12.3 Å². The fourth-order valence-electron chi connectivity index (χ4n) is 5.28. The van der Waals surface area contributed by atoms with Gasteiger partial charge >= 0.3 is 0 Å². The average Bonchev–Trinajstić information content (AvgIpc) is 2.42. The molecular weight excluding hydrogens is 248 g/mol. The number of rotatable bonds is 3. The molecule has 0 radical (unpaired) electrons. The largest absolute Gasteiger partial charge is 0.384 e. The SMILES string of the molecule is CN(CC1C2CC3CC(C2)CC1C3)c1nccc(N)n1. The summed E-state index contributed by atoms with van der Waals surface area (Å²) in [6.07, 6.45) is 9.18. The Labute approximate surface area is 120 Å². The Bertz CT molecular complexity index is 473. The number of nitrogens with zero attached hydrogens (tertiary/aromatic N) is 3. The maximum atomic E-state index is 5.77. The van der Waals surface area contributed by atoms with Crippen LogP contribution in [0.3, 0.4) is 0 Å². The van der Waals surface area contributed by atoms with E-state index in [9.17, 15) is 0 Å². The van der Waals surface area contributed by atoms with Crippen LogP contribution in [-0.4, -0.2) is 23.6 Å². The highest BCUT2D eigenvalue weighted by molar-refractivity contribution is 5.37. The topological polar surface area (TPSA) is 55.0 Å². The number of hydrogen-bond donors (Lipinski definition) is 1. The summed E-state index contributed by atoms with van der Waals surface area (Å²) in [5.41, 5.74) is 5.77. The molecule has 108 valence electrons. The molecule has 4 fully saturated rings. The van der Waals surface area contributed by atoms with Gasteiger partial charge in [-0.05, 0) is 67.8 Å². The zero-order valence-corrected chi connectivity index (χ0v) is 12.2. The minimum Gasteiger partial charge on any atom is -0.384 e. The van der Waals surface area contributed by atoms with Crippen molar-refractivity contribution >= 4 is 11.8 Å². The second-order valence-corrected chi connectivity index (χ2v) is 7.26. The third-order valence-electron chi connectivity index (χ3n) is 5.91. The quantitative estimate of drug-likeness (QED) is 0.919. The van der Waals surface area contributed by atoms with E-state index in [1.54, 1.807) is 12.3 Å². The smallest absolute Gasteiger partial charge is 0.226 e. The van der Waals surface area contributed by atoms with Crippen molar-refractivity contribution in [2.75, 3.05) is 24.2 Å². The molecule has 0 atom stereocenters. The lowest BCUT2D eigenvalue weighted by Crippen LogP contribution is -2.48. The van der Waals surface area contributed by atoms with Crippen LogP contribution in [0.2, 0.25) is 0 Å². The molecule has 5 rings (SSSR count). The number of nitrogens with two attached hydrogens (primary N) is 1. The van der Waals surface area contributed by atoms with Crippen LogP contribution in [0.1, 0.15) is 32.1 Å². The first-order valence-corrected chi connectivity index (χ1v) is 7.98. The zero-order chi connectivity index (χ0) is 13.7. The van der Waals surface area contributed by atoms with Gasteiger partial charge in [-0.2, -0.15) is 4.98 Å². The van der Waals surface area contributed by atoms with Gasteiger partial charge in [-0.3, -0.25) is 0 Å². The number of anilines is 2. The molecule has 4 aliphatic carbocycles. The van der Waals surface area contributed by atoms with Crippen LogP contribution in [0.5, 0.6) is 0 Å². The Balaban J connectivity index is 1.49. The molecule has 1 aromatic heterocycles. The summed E-state index contributed by atoms with van der Waals surface area (Å²) in [5.74, 6) is 6.18. The van der Waals surface area contributed by atoms with Gasteiger partial charge in [0.2, 0.25) is 5.95 Å². The van der Waals surface area contributed by atoms with E-state index in [0.717, 1.165) is 42.1 Å². The second kappa shape index (κ2) is 4.61. The molecule has 20 heavy (non-hydrogen) atoms. The van der Waals surface area contributed by atoms with Gasteiger partial charge in [0.05, 0.1) is 0 Å². The van der Waals surface area contributed by atoms with Crippen molar-refractivity contribution in [1.29, 1.82) is 0 Å². The summed E-state index contributed by atoms with van der Waals surface area (Å²) < 4.78 is 0. The van der Waals surface area contributed by atoms with Gasteiger partial charge in [-0.25, -0.2) is 4.98 Å². The lowest BCUT2D eigenvalue weighted by Gasteiger charge is -2.55. The van der Waals surface area contributed by atoms with E-state index in [0.29, 0.717) is 5.82 Å². The maximum absolute atomic E-state index is 5.77. The zero-order valence-electron chi connectivity index (χ0n) is 12.2. The molecule has 4 aliphatic rings. The van der Waals surface area contributed by atoms with E-state index in [2.05, 4.69) is 21.9 Å². The molecule has 2 N–H and O–H groups in total. The summed E-state index contributed by atoms with van der Waals surface area (Å²) >= 11 is 0. The highest BCUT2D eigenvalue weighted by atomic mass is 15.2. The van der Waals surface area contributed by atoms with Gasteiger partial charge in [-0.15, -0.1) is 0 Å². The number of aromatic nitrogens is 2. The summed E-state index contributed by atoms with van der Waals surface area (Å²) in [6.45, 7) is 1.10. The number of hydrogen-bond acceptors (Lipinski definition) is 4. The molecule has 0 spiro atoms. The van der Waals surface area contributed by atoms with Crippen LogP contribution in [0, 0.1) is 29.6 Å². The molecule has 1 aromatic rings. The van der Waals surface area contributed by atoms with Crippen molar-refractivity contribution in [3.8, 4) is 0 Å². The lowest BCUT2D eigenvalue weighted by atomic mass is 9.52. The van der Waals surface area contributed by atoms with Crippen molar-refractivity contribution < 1.29 is 0 Å². The minimum atomic E-state index is 0.562. The van der Waals surface area contributed by atoms with Crippen LogP contribution in [0.25, 0.3) is 0 Å². The van der Waals surface area contributed by atoms with E-state index < -0.39 is 0 Å². The molecule has 0 amide bonds. The fourth-order valence-corrected chi connectivity index (χ4v) is 5.28. The third-order valence-corrected chi connectivity index (χ3v) is 5.91. The Hall–Kier alpha value is -1.32. The highest BCUT2D eigenvalue weighted by Gasteiger charge is 2.48. The summed E-state index contributed by atoms with van der Waals surface area (Å²) in [7, 11) is 2.11. The van der Waals surface area contributed by atoms with E-state index in [1.807, 2.05) is 0 Å². The first-order valence-electron chi connectivity index (χ1n) is 7.98. The van der Waals surface area contributed by atoms with Crippen LogP contribution in [0.4, 0.5) is 11.8 Å². The lowest BCUT2D eigenvalue weighted by molar-refractivity contribution is -0.0326. The Kier molecular flexibility index (Phi) is 2.86. The van der Waals surface area contributed by atoms with Crippen molar-refractivity contribution in [3.05, 3.63) is 12.3 Å². The van der Waals surface area contributed by atoms with E-state index >= 15 is 0 Å². The molecule has 0 unspecified atom stereocenters. The monoisotopic (exact) mass is 272 g/mol. The molecule has 0 saturated heterocycles. The molecular formula is C16H24N4. The third kappa shape index (κ3) is 2.05.